The minimum atomic E-state index is -2.08. The van der Waals surface area contributed by atoms with Gasteiger partial charge in [-0.2, -0.15) is 0 Å². The van der Waals surface area contributed by atoms with Crippen molar-refractivity contribution in [1.82, 2.24) is 0 Å². The summed E-state index contributed by atoms with van der Waals surface area (Å²) in [6.45, 7) is -3.07. The highest BCUT2D eigenvalue weighted by Crippen LogP contribution is 2.35. The van der Waals surface area contributed by atoms with Gasteiger partial charge in [0.15, 0.2) is 31.5 Å². The molecule has 5 rings (SSSR count). The monoisotopic (exact) mass is 937 g/mol. The van der Waals surface area contributed by atoms with Gasteiger partial charge in [-0.25, -0.2) is 0 Å². The molecule has 5 heterocycles. The first kappa shape index (κ1) is 46.8. The highest BCUT2D eigenvalue weighted by molar-refractivity contribution is 14.1. The quantitative estimate of drug-likeness (QED) is 0.0602. The molecule has 328 valence electrons. The number of nitrogens with two attached hydrogens (primary N) is 1. The third-order valence-corrected chi connectivity index (χ3v) is 11.2. The Morgan fingerprint density at radius 1 is 0.375 bits per heavy atom. The highest BCUT2D eigenvalue weighted by atomic mass is 127. The summed E-state index contributed by atoms with van der Waals surface area (Å²) in [4.78, 5) is 0. The van der Waals surface area contributed by atoms with Gasteiger partial charge in [-0.15, -0.1) is 0 Å². The zero-order valence-corrected chi connectivity index (χ0v) is 31.5. The summed E-state index contributed by atoms with van der Waals surface area (Å²) in [5.74, 6) is 0. The van der Waals surface area contributed by atoms with Crippen LogP contribution in [0.15, 0.2) is 0 Å². The molecule has 0 radical (unpaired) electrons. The second kappa shape index (κ2) is 20.1. The average Bonchev–Trinajstić information content (AvgIpc) is 3.19. The SMILES string of the molecule is NC[C@H]1O[C@H](O)[C@H](O)[C@@H](O)[C@@H]1O[C@H]1O[C@H](CO)[C@@H](O[C@H]2O[C@H](CO)[C@@H](O[C@H]3O[C@H](CO)[C@@H](O[C@H]4O[C@H](CI)[C@@H](O)[C@H](O)[C@H]4O)[C@H](O)[C@H]3O)[C@H](O)[C@H]2O)[C@H](O)[C@H]1O. The second-order valence-corrected chi connectivity index (χ2v) is 14.9. The van der Waals surface area contributed by atoms with E-state index in [-0.39, 0.29) is 11.0 Å². The number of hydrogen-bond donors (Lipinski definition) is 16. The van der Waals surface area contributed by atoms with Crippen molar-refractivity contribution < 1.29 is 119 Å². The van der Waals surface area contributed by atoms with Crippen LogP contribution in [0.2, 0.25) is 0 Å². The van der Waals surface area contributed by atoms with Gasteiger partial charge in [0.1, 0.15) is 116 Å². The molecule has 0 unspecified atom stereocenters. The fourth-order valence-corrected chi connectivity index (χ4v) is 7.78. The first-order chi connectivity index (χ1) is 26.5. The average molecular weight is 938 g/mol. The van der Waals surface area contributed by atoms with Crippen LogP contribution in [0.4, 0.5) is 0 Å². The summed E-state index contributed by atoms with van der Waals surface area (Å²) in [7, 11) is 0. The molecular formula is C30H52INO24. The van der Waals surface area contributed by atoms with E-state index in [9.17, 15) is 76.6 Å². The number of rotatable bonds is 13. The number of aliphatic hydroxyl groups is 15. The molecule has 5 saturated heterocycles. The van der Waals surface area contributed by atoms with E-state index in [0.717, 1.165) is 0 Å². The van der Waals surface area contributed by atoms with Gasteiger partial charge in [-0.3, -0.25) is 0 Å². The Morgan fingerprint density at radius 2 is 0.679 bits per heavy atom. The molecule has 5 fully saturated rings. The van der Waals surface area contributed by atoms with Gasteiger partial charge in [0, 0.05) is 11.0 Å². The minimum absolute atomic E-state index is 0.163. The van der Waals surface area contributed by atoms with E-state index in [1.165, 1.54) is 0 Å². The molecular weight excluding hydrogens is 885 g/mol. The maximum Gasteiger partial charge on any atom is 0.187 e. The standard InChI is InChI=1S/C30H52INO24/c31-1-6-11(36)12(37)18(43)27(49-6)54-23-8(3-33)51-29(20(45)15(23)40)56-25-10(5-35)52-30(21(46)16(25)41)55-24-9(4-34)50-28(19(44)14(24)39)53-22-7(2-32)48-26(47)17(42)13(22)38/h6-30,33-47H,1-5,32H2/t6-,7-,8-,9-,10-,11-,12+,13-,14-,15-,16-,17-,18-,19-,20-,21-,22-,23-,24-,25-,26+,27-,28-,29-,30-/m1/s1. The zero-order chi connectivity index (χ0) is 41.3. The van der Waals surface area contributed by atoms with Crippen molar-refractivity contribution in [2.24, 2.45) is 5.73 Å². The molecule has 0 bridgehead atoms. The fraction of sp³-hybridized carbons (Fsp3) is 1.00. The molecule has 5 aliphatic rings. The number of alkyl halides is 1. The zero-order valence-electron chi connectivity index (χ0n) is 29.3. The second-order valence-electron chi connectivity index (χ2n) is 14.0. The van der Waals surface area contributed by atoms with E-state index in [1.807, 2.05) is 22.6 Å². The number of halogens is 1. The van der Waals surface area contributed by atoms with Gasteiger partial charge >= 0.3 is 0 Å². The van der Waals surface area contributed by atoms with Crippen LogP contribution in [0.3, 0.4) is 0 Å². The molecule has 25 atom stereocenters. The van der Waals surface area contributed by atoms with Crippen molar-refractivity contribution in [1.29, 1.82) is 0 Å². The van der Waals surface area contributed by atoms with Crippen LogP contribution in [-0.2, 0) is 42.6 Å². The summed E-state index contributed by atoms with van der Waals surface area (Å²) in [5, 5.41) is 157. The first-order valence-corrected chi connectivity index (χ1v) is 19.2. The van der Waals surface area contributed by atoms with Crippen LogP contribution in [0, 0.1) is 0 Å². The van der Waals surface area contributed by atoms with Gasteiger partial charge in [-0.05, 0) is 0 Å². The molecule has 17 N–H and O–H groups in total. The Balaban J connectivity index is 1.22. The van der Waals surface area contributed by atoms with Crippen molar-refractivity contribution in [3.8, 4) is 0 Å². The summed E-state index contributed by atoms with van der Waals surface area (Å²) in [6.07, 6.45) is -43.3. The minimum Gasteiger partial charge on any atom is -0.394 e. The van der Waals surface area contributed by atoms with E-state index in [4.69, 9.17) is 48.4 Å². The molecule has 0 aromatic heterocycles. The van der Waals surface area contributed by atoms with Gasteiger partial charge in [0.2, 0.25) is 0 Å². The third-order valence-electron chi connectivity index (χ3n) is 10.3. The molecule has 25 nitrogen and oxygen atoms in total. The normalized spacial score (nSPS) is 53.2. The summed E-state index contributed by atoms with van der Waals surface area (Å²) < 4.78 is 50.0. The number of aliphatic hydroxyl groups excluding tert-OH is 15. The lowest BCUT2D eigenvalue weighted by Gasteiger charge is -2.49. The van der Waals surface area contributed by atoms with Crippen LogP contribution in [0.25, 0.3) is 0 Å². The predicted octanol–water partition coefficient (Wildman–Crippen LogP) is -10.5. The molecule has 5 aliphatic heterocycles. The number of hydrogen-bond acceptors (Lipinski definition) is 25. The first-order valence-electron chi connectivity index (χ1n) is 17.7. The van der Waals surface area contributed by atoms with Gasteiger partial charge in [0.25, 0.3) is 0 Å². The van der Waals surface area contributed by atoms with Crippen LogP contribution in [0.5, 0.6) is 0 Å². The van der Waals surface area contributed by atoms with E-state index in [1.54, 1.807) is 0 Å². The van der Waals surface area contributed by atoms with Gasteiger partial charge in [-0.1, -0.05) is 22.6 Å². The topological polar surface area (TPSA) is 413 Å². The summed E-state index contributed by atoms with van der Waals surface area (Å²) in [5.41, 5.74) is 5.62. The van der Waals surface area contributed by atoms with E-state index >= 15 is 0 Å². The Kier molecular flexibility index (Phi) is 16.8. The highest BCUT2D eigenvalue weighted by Gasteiger charge is 2.56. The third kappa shape index (κ3) is 9.45. The summed E-state index contributed by atoms with van der Waals surface area (Å²) >= 11 is 1.86. The molecule has 0 amide bonds. The van der Waals surface area contributed by atoms with Crippen molar-refractivity contribution in [3.63, 3.8) is 0 Å². The van der Waals surface area contributed by atoms with Crippen LogP contribution in [-0.4, -0.2) is 261 Å². The van der Waals surface area contributed by atoms with Crippen molar-refractivity contribution in [3.05, 3.63) is 0 Å². The molecule has 0 spiro atoms. The van der Waals surface area contributed by atoms with Crippen LogP contribution < -0.4 is 5.73 Å². The molecule has 0 saturated carbocycles. The number of ether oxygens (including phenoxy) is 9. The lowest BCUT2D eigenvalue weighted by Crippen LogP contribution is -2.68. The van der Waals surface area contributed by atoms with E-state index in [0.29, 0.717) is 0 Å². The van der Waals surface area contributed by atoms with Crippen molar-refractivity contribution >= 4 is 22.6 Å². The van der Waals surface area contributed by atoms with E-state index in [2.05, 4.69) is 0 Å². The molecule has 56 heavy (non-hydrogen) atoms. The van der Waals surface area contributed by atoms with Crippen molar-refractivity contribution in [2.75, 3.05) is 30.8 Å². The maximum absolute atomic E-state index is 11.1. The molecule has 0 aliphatic carbocycles. The predicted molar refractivity (Wildman–Crippen MR) is 180 cm³/mol. The Bertz CT molecular complexity index is 1210. The van der Waals surface area contributed by atoms with Crippen molar-refractivity contribution in [2.45, 2.75) is 154 Å². The van der Waals surface area contributed by atoms with Crippen LogP contribution in [0.1, 0.15) is 0 Å². The molecule has 0 aromatic carbocycles. The summed E-state index contributed by atoms with van der Waals surface area (Å²) in [6, 6.07) is 0. The van der Waals surface area contributed by atoms with Crippen LogP contribution >= 0.6 is 22.6 Å². The Morgan fingerprint density at radius 3 is 1.00 bits per heavy atom. The largest absolute Gasteiger partial charge is 0.394 e. The Hall–Kier alpha value is -0.270. The lowest BCUT2D eigenvalue weighted by atomic mass is 9.95. The molecule has 26 heteroatoms. The Labute approximate surface area is 331 Å². The maximum atomic E-state index is 11.1. The van der Waals surface area contributed by atoms with Gasteiger partial charge < -0.3 is 125 Å². The fourth-order valence-electron chi connectivity index (χ4n) is 7.05. The lowest BCUT2D eigenvalue weighted by molar-refractivity contribution is -0.392. The van der Waals surface area contributed by atoms with E-state index < -0.39 is 173 Å². The smallest absolute Gasteiger partial charge is 0.187 e. The molecule has 0 aromatic rings. The van der Waals surface area contributed by atoms with Gasteiger partial charge in [0.05, 0.1) is 25.9 Å².